The monoisotopic (exact) mass is 338 g/mol. The Bertz CT molecular complexity index is 665. The maximum absolute atomic E-state index is 12.2. The van der Waals surface area contributed by atoms with Crippen LogP contribution in [0.5, 0.6) is 0 Å². The van der Waals surface area contributed by atoms with Gasteiger partial charge in [0.1, 0.15) is 0 Å². The second kappa shape index (κ2) is 6.54. The van der Waals surface area contributed by atoms with Crippen LogP contribution in [0.1, 0.15) is 12.0 Å². The minimum atomic E-state index is -3.11. The first kappa shape index (κ1) is 16.4. The summed E-state index contributed by atoms with van der Waals surface area (Å²) < 4.78 is 24.2. The molecule has 0 spiro atoms. The largest absolute Gasteiger partial charge is 0.336 e. The predicted octanol–water partition coefficient (Wildman–Crippen LogP) is -0.760. The lowest BCUT2D eigenvalue weighted by Crippen LogP contribution is -2.60. The van der Waals surface area contributed by atoms with Gasteiger partial charge in [-0.3, -0.25) is 14.7 Å². The first-order valence-corrected chi connectivity index (χ1v) is 9.65. The highest BCUT2D eigenvalue weighted by Gasteiger charge is 2.47. The average molecular weight is 338 g/mol. The summed E-state index contributed by atoms with van der Waals surface area (Å²) in [5.41, 5.74) is 6.58. The van der Waals surface area contributed by atoms with Crippen molar-refractivity contribution >= 4 is 15.7 Å². The minimum absolute atomic E-state index is 0.0387. The van der Waals surface area contributed by atoms with Crippen LogP contribution in [0.25, 0.3) is 0 Å². The van der Waals surface area contributed by atoms with Gasteiger partial charge < -0.3 is 10.6 Å². The normalized spacial score (nSPS) is 26.9. The fraction of sp³-hybridized carbons (Fsp3) is 0.600. The molecule has 2 atom stereocenters. The van der Waals surface area contributed by atoms with Gasteiger partial charge in [-0.1, -0.05) is 0 Å². The summed E-state index contributed by atoms with van der Waals surface area (Å²) in [6.07, 6.45) is 3.74. The van der Waals surface area contributed by atoms with Gasteiger partial charge in [0.25, 0.3) is 0 Å². The zero-order valence-corrected chi connectivity index (χ0v) is 13.8. The fourth-order valence-electron chi connectivity index (χ4n) is 3.52. The molecular formula is C15H22N4O3S. The van der Waals surface area contributed by atoms with Gasteiger partial charge in [0, 0.05) is 51.0 Å². The number of nitrogens with zero attached hydrogens (tertiary/aromatic N) is 3. The van der Waals surface area contributed by atoms with Crippen LogP contribution in [-0.2, 0) is 21.2 Å². The summed E-state index contributed by atoms with van der Waals surface area (Å²) in [5.74, 6) is 0.138. The summed E-state index contributed by atoms with van der Waals surface area (Å²) in [7, 11) is -3.11. The number of carbonyl (C=O) groups is 1. The Balaban J connectivity index is 1.79. The molecule has 126 valence electrons. The number of fused-ring (bicyclic) bond motifs is 1. The van der Waals surface area contributed by atoms with E-state index in [1.54, 1.807) is 17.3 Å². The van der Waals surface area contributed by atoms with Crippen molar-refractivity contribution in [3.8, 4) is 0 Å². The fourth-order valence-corrected chi connectivity index (χ4v) is 5.53. The Morgan fingerprint density at radius 3 is 2.61 bits per heavy atom. The van der Waals surface area contributed by atoms with Crippen molar-refractivity contribution in [2.45, 2.75) is 25.0 Å². The van der Waals surface area contributed by atoms with Crippen LogP contribution in [0.4, 0.5) is 0 Å². The topological polar surface area (TPSA) is 96.6 Å². The maximum Gasteiger partial charge on any atom is 0.224 e. The van der Waals surface area contributed by atoms with Crippen molar-refractivity contribution in [2.75, 3.05) is 31.1 Å². The van der Waals surface area contributed by atoms with Crippen LogP contribution in [0.15, 0.2) is 24.5 Å². The Hall–Kier alpha value is -1.51. The number of pyridine rings is 1. The molecule has 1 aromatic rings. The number of rotatable bonds is 4. The van der Waals surface area contributed by atoms with Crippen LogP contribution >= 0.6 is 0 Å². The summed E-state index contributed by atoms with van der Waals surface area (Å²) in [4.78, 5) is 20.2. The van der Waals surface area contributed by atoms with Crippen molar-refractivity contribution in [2.24, 2.45) is 5.73 Å². The third kappa shape index (κ3) is 3.54. The van der Waals surface area contributed by atoms with E-state index in [-0.39, 0.29) is 35.9 Å². The number of nitrogens with two attached hydrogens (primary N) is 1. The smallest absolute Gasteiger partial charge is 0.224 e. The molecule has 3 heterocycles. The molecule has 7 nitrogen and oxygen atoms in total. The summed E-state index contributed by atoms with van der Waals surface area (Å²) in [6, 6.07) is 3.48. The Labute approximate surface area is 136 Å². The van der Waals surface area contributed by atoms with E-state index in [2.05, 4.69) is 9.88 Å². The maximum atomic E-state index is 12.2. The number of piperazine rings is 1. The van der Waals surface area contributed by atoms with E-state index in [1.807, 2.05) is 12.1 Å². The molecule has 2 fully saturated rings. The van der Waals surface area contributed by atoms with Gasteiger partial charge in [-0.2, -0.15) is 0 Å². The van der Waals surface area contributed by atoms with E-state index in [4.69, 9.17) is 5.73 Å². The van der Waals surface area contributed by atoms with E-state index in [9.17, 15) is 13.2 Å². The van der Waals surface area contributed by atoms with Gasteiger partial charge in [-0.25, -0.2) is 8.42 Å². The van der Waals surface area contributed by atoms with Crippen molar-refractivity contribution in [3.63, 3.8) is 0 Å². The Kier molecular flexibility index (Phi) is 4.65. The molecule has 2 N–H and O–H groups in total. The van der Waals surface area contributed by atoms with Crippen LogP contribution in [-0.4, -0.2) is 72.3 Å². The summed E-state index contributed by atoms with van der Waals surface area (Å²) in [5, 5.41) is 0. The molecule has 2 aliphatic heterocycles. The minimum Gasteiger partial charge on any atom is -0.336 e. The van der Waals surface area contributed by atoms with Crippen LogP contribution in [0.3, 0.4) is 0 Å². The van der Waals surface area contributed by atoms with E-state index < -0.39 is 9.84 Å². The third-order valence-corrected chi connectivity index (χ3v) is 6.30. The van der Waals surface area contributed by atoms with Gasteiger partial charge in [0.2, 0.25) is 5.91 Å². The van der Waals surface area contributed by atoms with Gasteiger partial charge >= 0.3 is 0 Å². The number of aromatic nitrogens is 1. The highest BCUT2D eigenvalue weighted by molar-refractivity contribution is 7.91. The Morgan fingerprint density at radius 1 is 1.22 bits per heavy atom. The van der Waals surface area contributed by atoms with Gasteiger partial charge in [0.15, 0.2) is 9.84 Å². The van der Waals surface area contributed by atoms with Crippen molar-refractivity contribution in [1.82, 2.24) is 14.8 Å². The van der Waals surface area contributed by atoms with Crippen LogP contribution in [0.2, 0.25) is 0 Å². The molecule has 0 radical (unpaired) electrons. The zero-order valence-electron chi connectivity index (χ0n) is 13.0. The van der Waals surface area contributed by atoms with Gasteiger partial charge in [0.05, 0.1) is 17.5 Å². The number of hydrogen-bond donors (Lipinski definition) is 1. The lowest BCUT2D eigenvalue weighted by Gasteiger charge is -2.44. The molecule has 0 saturated carbocycles. The number of sulfone groups is 1. The van der Waals surface area contributed by atoms with Crippen LogP contribution in [0, 0.1) is 0 Å². The lowest BCUT2D eigenvalue weighted by molar-refractivity contribution is -0.136. The van der Waals surface area contributed by atoms with E-state index in [0.29, 0.717) is 26.2 Å². The number of hydrogen-bond acceptors (Lipinski definition) is 6. The molecule has 0 aliphatic carbocycles. The van der Waals surface area contributed by atoms with E-state index >= 15 is 0 Å². The molecule has 1 aromatic heterocycles. The molecule has 2 saturated heterocycles. The van der Waals surface area contributed by atoms with Crippen LogP contribution < -0.4 is 5.73 Å². The second-order valence-electron chi connectivity index (χ2n) is 6.16. The zero-order chi connectivity index (χ0) is 16.4. The first-order valence-electron chi connectivity index (χ1n) is 7.83. The molecule has 23 heavy (non-hydrogen) atoms. The lowest BCUT2D eigenvalue weighted by atomic mass is 10.0. The highest BCUT2D eigenvalue weighted by Crippen LogP contribution is 2.28. The van der Waals surface area contributed by atoms with Crippen molar-refractivity contribution < 1.29 is 13.2 Å². The highest BCUT2D eigenvalue weighted by atomic mass is 32.2. The number of amides is 1. The van der Waals surface area contributed by atoms with E-state index in [1.165, 1.54) is 0 Å². The molecule has 2 aliphatic rings. The van der Waals surface area contributed by atoms with Crippen molar-refractivity contribution in [1.29, 1.82) is 0 Å². The van der Waals surface area contributed by atoms with E-state index in [0.717, 1.165) is 5.56 Å². The average Bonchev–Trinajstić information content (AvgIpc) is 2.84. The quantitative estimate of drug-likeness (QED) is 0.775. The standard InChI is InChI=1S/C15H22N4O3S/c16-4-1-15(20)19-8-7-18(9-12-2-5-17-6-3-12)13-10-23(21,22)11-14(13)19/h2-3,5-6,13-14H,1,4,7-11,16H2/t13-,14+/m1/s1. The molecule has 0 aromatic carbocycles. The number of carbonyl (C=O) groups excluding carboxylic acids is 1. The predicted molar refractivity (Wildman–Crippen MR) is 86.3 cm³/mol. The molecule has 1 amide bonds. The molecule has 3 rings (SSSR count). The molecule has 0 unspecified atom stereocenters. The third-order valence-electron chi connectivity index (χ3n) is 4.60. The molecule has 0 bridgehead atoms. The summed E-state index contributed by atoms with van der Waals surface area (Å²) >= 11 is 0. The van der Waals surface area contributed by atoms with Gasteiger partial charge in [-0.05, 0) is 17.7 Å². The molecule has 8 heteroatoms. The first-order chi connectivity index (χ1) is 11.0. The van der Waals surface area contributed by atoms with Gasteiger partial charge in [-0.15, -0.1) is 0 Å². The van der Waals surface area contributed by atoms with Crippen molar-refractivity contribution in [3.05, 3.63) is 30.1 Å². The SMILES string of the molecule is NCCC(=O)N1CCN(Cc2ccncc2)[C@@H]2CS(=O)(=O)C[C@@H]21. The second-order valence-corrected chi connectivity index (χ2v) is 8.32. The Morgan fingerprint density at radius 2 is 1.91 bits per heavy atom. The molecular weight excluding hydrogens is 316 g/mol. The summed E-state index contributed by atoms with van der Waals surface area (Å²) in [6.45, 7) is 2.20.